The van der Waals surface area contributed by atoms with Crippen molar-refractivity contribution < 1.29 is 5.11 Å². The van der Waals surface area contributed by atoms with Crippen LogP contribution in [0.25, 0.3) is 0 Å². The van der Waals surface area contributed by atoms with Crippen LogP contribution in [0.2, 0.25) is 0 Å². The molecule has 0 aliphatic rings. The number of aliphatic hydroxyl groups excluding tert-OH is 1. The third kappa shape index (κ3) is 3.23. The van der Waals surface area contributed by atoms with Crippen LogP contribution in [0.1, 0.15) is 20.3 Å². The number of anilines is 3. The topological polar surface area (TPSA) is 101 Å². The van der Waals surface area contributed by atoms with E-state index in [0.717, 1.165) is 0 Å². The maximum Gasteiger partial charge on any atom is 0.223 e. The summed E-state index contributed by atoms with van der Waals surface area (Å²) in [4.78, 5) is 10.00. The molecule has 5 N–H and O–H groups in total. The van der Waals surface area contributed by atoms with E-state index in [1.165, 1.54) is 0 Å². The van der Waals surface area contributed by atoms with Crippen molar-refractivity contribution in [3.05, 3.63) is 6.07 Å². The highest BCUT2D eigenvalue weighted by Crippen LogP contribution is 2.17. The van der Waals surface area contributed by atoms with E-state index in [1.54, 1.807) is 6.07 Å². The zero-order valence-corrected chi connectivity index (χ0v) is 9.72. The lowest BCUT2D eigenvalue weighted by Crippen LogP contribution is -2.33. The first-order valence-electron chi connectivity index (χ1n) is 5.32. The Hall–Kier alpha value is -1.56. The lowest BCUT2D eigenvalue weighted by atomic mass is 10.3. The number of nitrogens with two attached hydrogens (primary N) is 2. The van der Waals surface area contributed by atoms with Crippen LogP contribution in [0.3, 0.4) is 0 Å². The summed E-state index contributed by atoms with van der Waals surface area (Å²) in [7, 11) is 0. The van der Waals surface area contributed by atoms with Crippen LogP contribution in [0.15, 0.2) is 6.07 Å². The molecule has 6 heteroatoms. The van der Waals surface area contributed by atoms with E-state index in [0.29, 0.717) is 24.6 Å². The number of nitrogen functional groups attached to an aromatic ring is 2. The quantitative estimate of drug-likeness (QED) is 0.663. The van der Waals surface area contributed by atoms with Gasteiger partial charge in [0.2, 0.25) is 5.95 Å². The van der Waals surface area contributed by atoms with Gasteiger partial charge in [0.05, 0.1) is 0 Å². The fourth-order valence-electron chi connectivity index (χ4n) is 1.50. The molecule has 0 bridgehead atoms. The third-order valence-electron chi connectivity index (χ3n) is 2.22. The molecule has 0 radical (unpaired) electrons. The fraction of sp³-hybridized carbons (Fsp3) is 0.600. The molecule has 1 aromatic heterocycles. The number of rotatable bonds is 5. The first-order chi connectivity index (χ1) is 7.54. The monoisotopic (exact) mass is 225 g/mol. The predicted molar refractivity (Wildman–Crippen MR) is 65.0 cm³/mol. The van der Waals surface area contributed by atoms with Crippen LogP contribution in [0.4, 0.5) is 17.6 Å². The number of hydrogen-bond donors (Lipinski definition) is 3. The molecule has 6 nitrogen and oxygen atoms in total. The van der Waals surface area contributed by atoms with Crippen LogP contribution in [-0.4, -0.2) is 34.3 Å². The molecule has 0 saturated carbocycles. The molecule has 0 aromatic carbocycles. The predicted octanol–water partition coefficient (Wildman–Crippen LogP) is 0.238. The van der Waals surface area contributed by atoms with Crippen molar-refractivity contribution in [2.24, 2.45) is 0 Å². The van der Waals surface area contributed by atoms with E-state index < -0.39 is 0 Å². The van der Waals surface area contributed by atoms with Gasteiger partial charge in [-0.05, 0) is 20.3 Å². The summed E-state index contributed by atoms with van der Waals surface area (Å²) in [5, 5.41) is 8.84. The summed E-state index contributed by atoms with van der Waals surface area (Å²) in [6.45, 7) is 4.96. The zero-order chi connectivity index (χ0) is 12.1. The Kier molecular flexibility index (Phi) is 4.30. The molecule has 0 spiro atoms. The van der Waals surface area contributed by atoms with Gasteiger partial charge in [0.25, 0.3) is 0 Å². The lowest BCUT2D eigenvalue weighted by molar-refractivity contribution is 0.288. The summed E-state index contributed by atoms with van der Waals surface area (Å²) in [5.41, 5.74) is 11.2. The molecule has 0 aliphatic carbocycles. The smallest absolute Gasteiger partial charge is 0.223 e. The number of aromatic nitrogens is 2. The van der Waals surface area contributed by atoms with Crippen LogP contribution < -0.4 is 16.4 Å². The van der Waals surface area contributed by atoms with Gasteiger partial charge in [-0.15, -0.1) is 0 Å². The Morgan fingerprint density at radius 1 is 1.38 bits per heavy atom. The van der Waals surface area contributed by atoms with Gasteiger partial charge in [0, 0.05) is 25.3 Å². The highest BCUT2D eigenvalue weighted by molar-refractivity contribution is 5.50. The molecule has 1 aromatic rings. The van der Waals surface area contributed by atoms with Gasteiger partial charge in [-0.1, -0.05) is 0 Å². The van der Waals surface area contributed by atoms with E-state index in [9.17, 15) is 0 Å². The Morgan fingerprint density at radius 3 is 2.56 bits per heavy atom. The molecular weight excluding hydrogens is 206 g/mol. The summed E-state index contributed by atoms with van der Waals surface area (Å²) < 4.78 is 0. The van der Waals surface area contributed by atoms with Crippen molar-refractivity contribution in [3.8, 4) is 0 Å². The standard InChI is InChI=1S/C10H19N5O/c1-7(2)15(4-3-5-16)9-6-8(11)13-10(12)14-9/h6-7,16H,3-5H2,1-2H3,(H4,11,12,13,14). The molecule has 0 atom stereocenters. The first kappa shape index (κ1) is 12.5. The van der Waals surface area contributed by atoms with E-state index in [1.807, 2.05) is 18.7 Å². The van der Waals surface area contributed by atoms with Crippen LogP contribution in [0, 0.1) is 0 Å². The number of aliphatic hydroxyl groups is 1. The average molecular weight is 225 g/mol. The van der Waals surface area contributed by atoms with Crippen molar-refractivity contribution in [2.75, 3.05) is 29.5 Å². The van der Waals surface area contributed by atoms with Crippen molar-refractivity contribution in [2.45, 2.75) is 26.3 Å². The van der Waals surface area contributed by atoms with Crippen molar-refractivity contribution in [1.29, 1.82) is 0 Å². The Labute approximate surface area is 95.3 Å². The van der Waals surface area contributed by atoms with Crippen molar-refractivity contribution >= 4 is 17.6 Å². The second-order valence-corrected chi connectivity index (χ2v) is 3.87. The third-order valence-corrected chi connectivity index (χ3v) is 2.22. The number of nitrogens with zero attached hydrogens (tertiary/aromatic N) is 3. The zero-order valence-electron chi connectivity index (χ0n) is 9.72. The first-order valence-corrected chi connectivity index (χ1v) is 5.32. The van der Waals surface area contributed by atoms with Gasteiger partial charge in [0.1, 0.15) is 11.6 Å². The molecule has 16 heavy (non-hydrogen) atoms. The van der Waals surface area contributed by atoms with Crippen LogP contribution >= 0.6 is 0 Å². The van der Waals surface area contributed by atoms with E-state index in [2.05, 4.69) is 9.97 Å². The highest BCUT2D eigenvalue weighted by atomic mass is 16.3. The Morgan fingerprint density at radius 2 is 2.06 bits per heavy atom. The van der Waals surface area contributed by atoms with Gasteiger partial charge < -0.3 is 21.5 Å². The molecule has 1 heterocycles. The highest BCUT2D eigenvalue weighted by Gasteiger charge is 2.12. The second kappa shape index (κ2) is 5.50. The normalized spacial score (nSPS) is 10.8. The molecule has 0 amide bonds. The number of hydrogen-bond acceptors (Lipinski definition) is 6. The van der Waals surface area contributed by atoms with Crippen LogP contribution in [0.5, 0.6) is 0 Å². The minimum atomic E-state index is 0.152. The van der Waals surface area contributed by atoms with Gasteiger partial charge >= 0.3 is 0 Å². The minimum Gasteiger partial charge on any atom is -0.396 e. The van der Waals surface area contributed by atoms with Gasteiger partial charge in [-0.25, -0.2) is 0 Å². The fourth-order valence-corrected chi connectivity index (χ4v) is 1.50. The summed E-state index contributed by atoms with van der Waals surface area (Å²) in [6.07, 6.45) is 0.683. The SMILES string of the molecule is CC(C)N(CCCO)c1cc(N)nc(N)n1. The Balaban J connectivity index is 2.91. The van der Waals surface area contributed by atoms with Gasteiger partial charge in [-0.2, -0.15) is 9.97 Å². The van der Waals surface area contributed by atoms with Gasteiger partial charge in [0.15, 0.2) is 0 Å². The molecular formula is C10H19N5O. The largest absolute Gasteiger partial charge is 0.396 e. The van der Waals surface area contributed by atoms with Crippen molar-refractivity contribution in [3.63, 3.8) is 0 Å². The van der Waals surface area contributed by atoms with Crippen molar-refractivity contribution in [1.82, 2.24) is 9.97 Å². The summed E-state index contributed by atoms with van der Waals surface area (Å²) in [6, 6.07) is 1.95. The molecule has 0 saturated heterocycles. The van der Waals surface area contributed by atoms with E-state index in [4.69, 9.17) is 16.6 Å². The minimum absolute atomic E-state index is 0.152. The molecule has 1 rings (SSSR count). The molecule has 0 fully saturated rings. The summed E-state index contributed by atoms with van der Waals surface area (Å²) >= 11 is 0. The second-order valence-electron chi connectivity index (χ2n) is 3.87. The van der Waals surface area contributed by atoms with E-state index in [-0.39, 0.29) is 18.6 Å². The molecule has 0 aliphatic heterocycles. The summed E-state index contributed by atoms with van der Waals surface area (Å²) in [5.74, 6) is 1.23. The van der Waals surface area contributed by atoms with Gasteiger partial charge in [-0.3, -0.25) is 0 Å². The van der Waals surface area contributed by atoms with Crippen LogP contribution in [-0.2, 0) is 0 Å². The van der Waals surface area contributed by atoms with E-state index >= 15 is 0 Å². The average Bonchev–Trinajstić information content (AvgIpc) is 2.16. The lowest BCUT2D eigenvalue weighted by Gasteiger charge is -2.27. The molecule has 90 valence electrons. The maximum atomic E-state index is 8.84. The molecule has 0 unspecified atom stereocenters. The maximum absolute atomic E-state index is 8.84. The Bertz CT molecular complexity index is 322.